The van der Waals surface area contributed by atoms with Gasteiger partial charge in [-0.15, -0.1) is 0 Å². The Bertz CT molecular complexity index is 1070. The summed E-state index contributed by atoms with van der Waals surface area (Å²) in [6.45, 7) is 13.7. The van der Waals surface area contributed by atoms with Crippen molar-refractivity contribution in [2.24, 2.45) is 16.5 Å². The van der Waals surface area contributed by atoms with Crippen molar-refractivity contribution >= 4 is 42.9 Å². The predicted octanol–water partition coefficient (Wildman–Crippen LogP) is 5.56. The van der Waals surface area contributed by atoms with E-state index in [0.717, 1.165) is 74.8 Å². The molecular formula is C31H48BN7O. The van der Waals surface area contributed by atoms with Gasteiger partial charge in [0.1, 0.15) is 11.7 Å². The van der Waals surface area contributed by atoms with Crippen molar-refractivity contribution < 1.29 is 4.79 Å². The van der Waals surface area contributed by atoms with Crippen LogP contribution in [0.5, 0.6) is 0 Å². The van der Waals surface area contributed by atoms with Crippen LogP contribution < -0.4 is 27.0 Å². The van der Waals surface area contributed by atoms with Crippen molar-refractivity contribution in [3.8, 4) is 0 Å². The molecule has 2 aromatic rings. The number of hydrogen-bond acceptors (Lipinski definition) is 7. The normalized spacial score (nSPS) is 15.4. The van der Waals surface area contributed by atoms with E-state index >= 15 is 0 Å². The molecule has 3 heterocycles. The molecule has 8 nitrogen and oxygen atoms in total. The zero-order chi connectivity index (χ0) is 29.8. The molecule has 9 heteroatoms. The van der Waals surface area contributed by atoms with Crippen molar-refractivity contribution in [2.45, 2.75) is 72.2 Å². The minimum absolute atomic E-state index is 0.0838. The standard InChI is InChI=1S/C13H16N2.C12H18N4O.C5H11N.CH3B/c1-2-5-10-8-11-6-3-4-7-12(11)15-13(14)9-10;1-9(17)15-11-4-5-12(14-7-11)16-6-2-3-10(13)8-16;1-3-5-6-4-2;1-2/h3-4,6-8H,2,5,9H2,1H3,(H2,14,15);4-5,7,10H,2-3,6,8,13H2,1H3,(H,15,17);4,6H,2-3,5H2,1H3;1H3. The van der Waals surface area contributed by atoms with Gasteiger partial charge in [0.05, 0.1) is 25.4 Å². The van der Waals surface area contributed by atoms with Crippen LogP contribution >= 0.6 is 0 Å². The van der Waals surface area contributed by atoms with Gasteiger partial charge in [-0.05, 0) is 50.1 Å². The Morgan fingerprint density at radius 1 is 1.20 bits per heavy atom. The zero-order valence-electron chi connectivity index (χ0n) is 24.8. The summed E-state index contributed by atoms with van der Waals surface area (Å²) in [6, 6.07) is 12.2. The Hall–Kier alpha value is -3.59. The highest BCUT2D eigenvalue weighted by Gasteiger charge is 2.17. The molecule has 1 saturated heterocycles. The van der Waals surface area contributed by atoms with E-state index in [0.29, 0.717) is 0 Å². The minimum atomic E-state index is -0.0838. The number of amides is 1. The summed E-state index contributed by atoms with van der Waals surface area (Å²) < 4.78 is 0. The summed E-state index contributed by atoms with van der Waals surface area (Å²) >= 11 is 0. The van der Waals surface area contributed by atoms with Gasteiger partial charge in [-0.2, -0.15) is 0 Å². The van der Waals surface area contributed by atoms with Crippen LogP contribution in [-0.2, 0) is 4.79 Å². The largest absolute Gasteiger partial charge is 0.391 e. The highest BCUT2D eigenvalue weighted by molar-refractivity contribution is 6.05. The van der Waals surface area contributed by atoms with Crippen molar-refractivity contribution in [1.29, 1.82) is 0 Å². The highest BCUT2D eigenvalue weighted by Crippen LogP contribution is 2.27. The number of aliphatic imine (C=N–C) groups is 1. The molecule has 1 unspecified atom stereocenters. The first-order valence-corrected chi connectivity index (χ1v) is 14.1. The average Bonchev–Trinajstić information content (AvgIpc) is 3.11. The summed E-state index contributed by atoms with van der Waals surface area (Å²) in [6.07, 6.45) is 12.0. The van der Waals surface area contributed by atoms with Crippen LogP contribution in [0.3, 0.4) is 0 Å². The van der Waals surface area contributed by atoms with Crippen LogP contribution in [0, 0.1) is 0 Å². The van der Waals surface area contributed by atoms with E-state index in [1.807, 2.05) is 30.3 Å². The van der Waals surface area contributed by atoms with E-state index in [1.54, 1.807) is 12.4 Å². The van der Waals surface area contributed by atoms with E-state index in [-0.39, 0.29) is 11.9 Å². The number of amidine groups is 1. The molecule has 0 spiro atoms. The smallest absolute Gasteiger partial charge is 0.221 e. The van der Waals surface area contributed by atoms with Crippen molar-refractivity contribution in [1.82, 2.24) is 10.3 Å². The van der Waals surface area contributed by atoms with Crippen molar-refractivity contribution in [2.75, 3.05) is 29.9 Å². The van der Waals surface area contributed by atoms with E-state index in [4.69, 9.17) is 11.5 Å². The number of para-hydroxylation sites is 1. The number of anilines is 2. The molecule has 1 aromatic heterocycles. The third-order valence-electron chi connectivity index (χ3n) is 5.93. The molecule has 1 aromatic carbocycles. The van der Waals surface area contributed by atoms with Crippen molar-refractivity contribution in [3.63, 3.8) is 0 Å². The first kappa shape index (κ1) is 34.4. The molecule has 1 amide bonds. The topological polar surface area (TPSA) is 122 Å². The summed E-state index contributed by atoms with van der Waals surface area (Å²) in [5.41, 5.74) is 16.1. The zero-order valence-corrected chi connectivity index (χ0v) is 24.8. The number of rotatable bonds is 7. The van der Waals surface area contributed by atoms with Gasteiger partial charge in [-0.3, -0.25) is 4.79 Å². The lowest BCUT2D eigenvalue weighted by molar-refractivity contribution is -0.114. The van der Waals surface area contributed by atoms with Crippen LogP contribution in [0.15, 0.2) is 65.9 Å². The first-order chi connectivity index (χ1) is 19.4. The maximum Gasteiger partial charge on any atom is 0.221 e. The molecule has 6 N–H and O–H groups in total. The Labute approximate surface area is 242 Å². The van der Waals surface area contributed by atoms with Gasteiger partial charge >= 0.3 is 0 Å². The summed E-state index contributed by atoms with van der Waals surface area (Å²) in [5, 5.41) is 5.66. The lowest BCUT2D eigenvalue weighted by atomic mass is 10.0. The number of benzene rings is 1. The molecule has 2 radical (unpaired) electrons. The van der Waals surface area contributed by atoms with Gasteiger partial charge < -0.3 is 27.0 Å². The third kappa shape index (κ3) is 13.5. The molecule has 1 fully saturated rings. The van der Waals surface area contributed by atoms with Crippen molar-refractivity contribution in [3.05, 3.63) is 66.5 Å². The van der Waals surface area contributed by atoms with E-state index in [2.05, 4.69) is 65.9 Å². The second-order valence-corrected chi connectivity index (χ2v) is 9.48. The fourth-order valence-corrected chi connectivity index (χ4v) is 4.21. The number of carbonyl (C=O) groups excluding carboxylic acids is 1. The Morgan fingerprint density at radius 3 is 2.52 bits per heavy atom. The van der Waals surface area contributed by atoms with E-state index < -0.39 is 0 Å². The van der Waals surface area contributed by atoms with Gasteiger partial charge in [-0.25, -0.2) is 9.98 Å². The number of nitrogens with zero attached hydrogens (tertiary/aromatic N) is 3. The molecule has 2 aliphatic heterocycles. The van der Waals surface area contributed by atoms with Gasteiger partial charge in [-0.1, -0.05) is 63.5 Å². The number of piperidine rings is 1. The van der Waals surface area contributed by atoms with E-state index in [9.17, 15) is 4.79 Å². The molecule has 1 atom stereocenters. The molecule has 4 rings (SSSR count). The fourth-order valence-electron chi connectivity index (χ4n) is 4.21. The number of nitrogens with two attached hydrogens (primary N) is 2. The number of nitrogens with one attached hydrogen (secondary N) is 2. The minimum Gasteiger partial charge on any atom is -0.391 e. The molecule has 0 aliphatic carbocycles. The molecular weight excluding hydrogens is 497 g/mol. The molecule has 216 valence electrons. The predicted molar refractivity (Wildman–Crippen MR) is 173 cm³/mol. The number of fused-ring (bicyclic) bond motifs is 1. The van der Waals surface area contributed by atoms with Gasteiger partial charge in [0.25, 0.3) is 0 Å². The second-order valence-electron chi connectivity index (χ2n) is 9.48. The van der Waals surface area contributed by atoms with Crippen LogP contribution in [0.25, 0.3) is 6.08 Å². The van der Waals surface area contributed by atoms with Crippen LogP contribution in [0.2, 0.25) is 6.82 Å². The number of pyridine rings is 1. The Morgan fingerprint density at radius 2 is 1.95 bits per heavy atom. The quantitative estimate of drug-likeness (QED) is 0.267. The SMILES string of the molecule is C=CNCCC.CC(=O)Nc1ccc(N2CCCC(N)C2)nc1.CCCC1=Cc2ccccc2N=C(N)C1.[B]C. The molecule has 0 saturated carbocycles. The fraction of sp³-hybridized carbons (Fsp3) is 0.452. The summed E-state index contributed by atoms with van der Waals surface area (Å²) in [5.74, 6) is 1.56. The van der Waals surface area contributed by atoms with Crippen LogP contribution in [-0.4, -0.2) is 50.2 Å². The Balaban J connectivity index is 0.000000319. The lowest BCUT2D eigenvalue weighted by Gasteiger charge is -2.31. The monoisotopic (exact) mass is 545 g/mol. The number of carbonyl (C=O) groups is 1. The van der Waals surface area contributed by atoms with Crippen LogP contribution in [0.1, 0.15) is 64.9 Å². The second kappa shape index (κ2) is 20.3. The van der Waals surface area contributed by atoms with Gasteiger partial charge in [0, 0.05) is 44.6 Å². The van der Waals surface area contributed by atoms with Crippen LogP contribution in [0.4, 0.5) is 17.2 Å². The summed E-state index contributed by atoms with van der Waals surface area (Å²) in [7, 11) is 4.50. The third-order valence-corrected chi connectivity index (χ3v) is 5.93. The number of aromatic nitrogens is 1. The molecule has 40 heavy (non-hydrogen) atoms. The molecule has 0 bridgehead atoms. The Kier molecular flexibility index (Phi) is 17.5. The lowest BCUT2D eigenvalue weighted by Crippen LogP contribution is -2.43. The van der Waals surface area contributed by atoms with Gasteiger partial charge in [0.15, 0.2) is 0 Å². The van der Waals surface area contributed by atoms with Gasteiger partial charge in [0.2, 0.25) is 5.91 Å². The highest BCUT2D eigenvalue weighted by atomic mass is 16.1. The van der Waals surface area contributed by atoms with E-state index in [1.165, 1.54) is 31.3 Å². The maximum atomic E-state index is 10.9. The maximum absolute atomic E-state index is 10.9. The average molecular weight is 546 g/mol. The summed E-state index contributed by atoms with van der Waals surface area (Å²) in [4.78, 5) is 21.8. The first-order valence-electron chi connectivity index (χ1n) is 14.1. The molecule has 2 aliphatic rings. The number of hydrogen-bond donors (Lipinski definition) is 4.